The molecule has 24 heavy (non-hydrogen) atoms. The van der Waals surface area contributed by atoms with Crippen LogP contribution in [-0.2, 0) is 14.3 Å². The van der Waals surface area contributed by atoms with Gasteiger partial charge in [-0.25, -0.2) is 4.79 Å². The van der Waals surface area contributed by atoms with Crippen molar-refractivity contribution in [3.05, 3.63) is 32.6 Å². The fourth-order valence-corrected chi connectivity index (χ4v) is 3.15. The smallest absolute Gasteiger partial charge is 0.330 e. The normalized spacial score (nSPS) is 27.4. The predicted octanol–water partition coefficient (Wildman–Crippen LogP) is -1.40. The van der Waals surface area contributed by atoms with Crippen molar-refractivity contribution in [2.45, 2.75) is 25.7 Å². The van der Waals surface area contributed by atoms with Gasteiger partial charge in [-0.05, 0) is 6.92 Å². The van der Waals surface area contributed by atoms with Gasteiger partial charge in [0.25, 0.3) is 5.56 Å². The Morgan fingerprint density at radius 3 is 2.75 bits per heavy atom. The van der Waals surface area contributed by atoms with Gasteiger partial charge in [0, 0.05) is 31.3 Å². The highest BCUT2D eigenvalue weighted by atomic mass is 16.5. The number of rotatable bonds is 3. The van der Waals surface area contributed by atoms with E-state index in [1.807, 2.05) is 0 Å². The Balaban J connectivity index is 1.81. The van der Waals surface area contributed by atoms with Crippen LogP contribution in [0.15, 0.2) is 15.8 Å². The van der Waals surface area contributed by atoms with Gasteiger partial charge in [-0.1, -0.05) is 0 Å². The number of hydrogen-bond acceptors (Lipinski definition) is 6. The van der Waals surface area contributed by atoms with Crippen LogP contribution in [-0.4, -0.2) is 64.5 Å². The molecule has 1 aromatic rings. The number of aromatic amines is 1. The number of carbonyl (C=O) groups excluding carboxylic acids is 1. The zero-order valence-electron chi connectivity index (χ0n) is 13.4. The highest BCUT2D eigenvalue weighted by Gasteiger charge is 2.42. The largest absolute Gasteiger partial charge is 0.394 e. The Morgan fingerprint density at radius 1 is 1.38 bits per heavy atom. The van der Waals surface area contributed by atoms with Gasteiger partial charge in [-0.15, -0.1) is 0 Å². The van der Waals surface area contributed by atoms with Crippen LogP contribution < -0.4 is 11.2 Å². The van der Waals surface area contributed by atoms with Crippen molar-refractivity contribution < 1.29 is 19.4 Å². The van der Waals surface area contributed by atoms with Crippen molar-refractivity contribution in [1.29, 1.82) is 0 Å². The molecule has 1 amide bonds. The zero-order chi connectivity index (χ0) is 17.3. The van der Waals surface area contributed by atoms with Crippen LogP contribution >= 0.6 is 0 Å². The predicted molar refractivity (Wildman–Crippen MR) is 82.6 cm³/mol. The zero-order valence-corrected chi connectivity index (χ0v) is 13.4. The van der Waals surface area contributed by atoms with Gasteiger partial charge in [0.05, 0.1) is 31.8 Å². The van der Waals surface area contributed by atoms with Gasteiger partial charge >= 0.3 is 5.69 Å². The summed E-state index contributed by atoms with van der Waals surface area (Å²) in [5, 5.41) is 9.55. The second-order valence-electron chi connectivity index (χ2n) is 6.07. The summed E-state index contributed by atoms with van der Waals surface area (Å²) in [7, 11) is 0. The van der Waals surface area contributed by atoms with Crippen LogP contribution in [0, 0.1) is 12.8 Å². The van der Waals surface area contributed by atoms with E-state index >= 15 is 0 Å². The van der Waals surface area contributed by atoms with Gasteiger partial charge < -0.3 is 19.5 Å². The third-order valence-corrected chi connectivity index (χ3v) is 4.51. The lowest BCUT2D eigenvalue weighted by molar-refractivity contribution is -0.142. The van der Waals surface area contributed by atoms with E-state index in [2.05, 4.69) is 4.98 Å². The van der Waals surface area contributed by atoms with E-state index in [1.54, 1.807) is 11.8 Å². The van der Waals surface area contributed by atoms with Gasteiger partial charge in [-0.3, -0.25) is 19.1 Å². The molecule has 9 heteroatoms. The quantitative estimate of drug-likeness (QED) is 0.700. The monoisotopic (exact) mass is 339 g/mol. The topological polar surface area (TPSA) is 114 Å². The third-order valence-electron chi connectivity index (χ3n) is 4.51. The summed E-state index contributed by atoms with van der Waals surface area (Å²) in [5.41, 5.74) is -0.664. The lowest BCUT2D eigenvalue weighted by Gasteiger charge is -2.30. The number of H-pyrrole nitrogens is 1. The molecule has 2 aliphatic heterocycles. The summed E-state index contributed by atoms with van der Waals surface area (Å²) in [6.45, 7) is 3.28. The van der Waals surface area contributed by atoms with E-state index in [4.69, 9.17) is 9.47 Å². The molecule has 2 aliphatic rings. The molecule has 0 unspecified atom stereocenters. The van der Waals surface area contributed by atoms with E-state index in [-0.39, 0.29) is 18.9 Å². The van der Waals surface area contributed by atoms with Crippen LogP contribution in [0.3, 0.4) is 0 Å². The molecule has 2 N–H and O–H groups in total. The Morgan fingerprint density at radius 2 is 2.08 bits per heavy atom. The van der Waals surface area contributed by atoms with Crippen LogP contribution in [0.1, 0.15) is 18.2 Å². The van der Waals surface area contributed by atoms with Crippen molar-refractivity contribution >= 4 is 5.91 Å². The maximum absolute atomic E-state index is 12.7. The molecular formula is C15H21N3O6. The summed E-state index contributed by atoms with van der Waals surface area (Å²) >= 11 is 0. The fraction of sp³-hybridized carbons (Fsp3) is 0.667. The summed E-state index contributed by atoms with van der Waals surface area (Å²) in [4.78, 5) is 40.1. The average Bonchev–Trinajstić information content (AvgIpc) is 3.02. The molecule has 3 rings (SSSR count). The van der Waals surface area contributed by atoms with E-state index in [1.165, 1.54) is 10.8 Å². The SMILES string of the molecule is Cc1cn([C@H]2C[C@H](C(=O)N3CCOCC3)[C@@H](CO)O2)c(=O)[nH]c1=O. The Bertz CT molecular complexity index is 721. The third kappa shape index (κ3) is 3.14. The van der Waals surface area contributed by atoms with Crippen LogP contribution in [0.25, 0.3) is 0 Å². The average molecular weight is 339 g/mol. The number of carbonyl (C=O) groups is 1. The molecule has 2 fully saturated rings. The number of aliphatic hydroxyl groups is 1. The number of aliphatic hydroxyl groups excluding tert-OH is 1. The molecule has 0 bridgehead atoms. The van der Waals surface area contributed by atoms with Gasteiger partial charge in [0.15, 0.2) is 0 Å². The highest BCUT2D eigenvalue weighted by molar-refractivity contribution is 5.79. The Kier molecular flexibility index (Phi) is 4.83. The van der Waals surface area contributed by atoms with Crippen molar-refractivity contribution in [1.82, 2.24) is 14.5 Å². The summed E-state index contributed by atoms with van der Waals surface area (Å²) < 4.78 is 12.2. The first-order valence-corrected chi connectivity index (χ1v) is 7.96. The molecular weight excluding hydrogens is 318 g/mol. The minimum absolute atomic E-state index is 0.103. The number of amides is 1. The number of hydrogen-bond donors (Lipinski definition) is 2. The fourth-order valence-electron chi connectivity index (χ4n) is 3.15. The molecule has 1 aromatic heterocycles. The molecule has 0 spiro atoms. The van der Waals surface area contributed by atoms with Crippen molar-refractivity contribution in [2.75, 3.05) is 32.9 Å². The number of nitrogens with zero attached hydrogens (tertiary/aromatic N) is 2. The second-order valence-corrected chi connectivity index (χ2v) is 6.07. The number of aromatic nitrogens is 2. The van der Waals surface area contributed by atoms with E-state index in [0.717, 1.165) is 0 Å². The van der Waals surface area contributed by atoms with Crippen LogP contribution in [0.2, 0.25) is 0 Å². The first kappa shape index (κ1) is 16.9. The molecule has 0 aromatic carbocycles. The molecule has 3 atom stereocenters. The molecule has 132 valence electrons. The molecule has 2 saturated heterocycles. The van der Waals surface area contributed by atoms with Crippen LogP contribution in [0.5, 0.6) is 0 Å². The summed E-state index contributed by atoms with van der Waals surface area (Å²) in [6, 6.07) is 0. The van der Waals surface area contributed by atoms with E-state index < -0.39 is 29.5 Å². The van der Waals surface area contributed by atoms with Gasteiger partial charge in [0.1, 0.15) is 6.23 Å². The maximum atomic E-state index is 12.7. The lowest BCUT2D eigenvalue weighted by Crippen LogP contribution is -2.46. The molecule has 3 heterocycles. The number of aryl methyl sites for hydroxylation is 1. The minimum atomic E-state index is -0.694. The molecule has 9 nitrogen and oxygen atoms in total. The molecule has 0 radical (unpaired) electrons. The Labute approximate surface area is 137 Å². The number of ether oxygens (including phenoxy) is 2. The minimum Gasteiger partial charge on any atom is -0.394 e. The van der Waals surface area contributed by atoms with Gasteiger partial charge in [0.2, 0.25) is 5.91 Å². The summed E-state index contributed by atoms with van der Waals surface area (Å²) in [6.07, 6.45) is 0.318. The standard InChI is InChI=1S/C15H21N3O6/c1-9-7-18(15(22)16-13(9)20)12-6-10(11(8-19)24-12)14(21)17-2-4-23-5-3-17/h7,10-12,19H,2-6,8H2,1H3,(H,16,20,22)/t10-,11+,12+/m0/s1. The van der Waals surface area contributed by atoms with Crippen molar-refractivity contribution in [3.8, 4) is 0 Å². The van der Waals surface area contributed by atoms with Crippen molar-refractivity contribution in [3.63, 3.8) is 0 Å². The molecule has 0 saturated carbocycles. The van der Waals surface area contributed by atoms with Crippen LogP contribution in [0.4, 0.5) is 0 Å². The lowest BCUT2D eigenvalue weighted by atomic mass is 9.99. The van der Waals surface area contributed by atoms with E-state index in [0.29, 0.717) is 31.9 Å². The Hall–Kier alpha value is -1.97. The second kappa shape index (κ2) is 6.88. The number of nitrogens with one attached hydrogen (secondary N) is 1. The highest BCUT2D eigenvalue weighted by Crippen LogP contribution is 2.34. The van der Waals surface area contributed by atoms with Crippen molar-refractivity contribution in [2.24, 2.45) is 5.92 Å². The van der Waals surface area contributed by atoms with E-state index in [9.17, 15) is 19.5 Å². The first-order valence-electron chi connectivity index (χ1n) is 7.96. The first-order chi connectivity index (χ1) is 11.5. The maximum Gasteiger partial charge on any atom is 0.330 e. The van der Waals surface area contributed by atoms with Gasteiger partial charge in [-0.2, -0.15) is 0 Å². The molecule has 0 aliphatic carbocycles. The summed E-state index contributed by atoms with van der Waals surface area (Å²) in [5.74, 6) is -0.633. The number of morpholine rings is 1.